The van der Waals surface area contributed by atoms with Gasteiger partial charge in [-0.1, -0.05) is 79.6 Å². The van der Waals surface area contributed by atoms with Gasteiger partial charge in [0.25, 0.3) is 0 Å². The van der Waals surface area contributed by atoms with Crippen molar-refractivity contribution in [3.05, 3.63) is 70.6 Å². The summed E-state index contributed by atoms with van der Waals surface area (Å²) >= 11 is 0. The second kappa shape index (κ2) is 79.6. The Kier molecular flexibility index (Phi) is 72.7. The number of rotatable bonds is 84. The largest absolute Gasteiger partial charge is 0.491 e. The van der Waals surface area contributed by atoms with E-state index in [0.29, 0.717) is 369 Å². The van der Waals surface area contributed by atoms with Crippen molar-refractivity contribution >= 4 is 16.1 Å². The van der Waals surface area contributed by atoms with Gasteiger partial charge in [0, 0.05) is 57.7 Å². The highest BCUT2D eigenvalue weighted by atomic mass is 28.3. The molecule has 0 radical (unpaired) electrons. The predicted octanol–water partition coefficient (Wildman–Crippen LogP) is 9.11. The van der Waals surface area contributed by atoms with Gasteiger partial charge in [0.2, 0.25) is 0 Å². The zero-order valence-electron chi connectivity index (χ0n) is 81.3. The average Bonchev–Trinajstić information content (AvgIpc) is 0.830. The topological polar surface area (TPSA) is 316 Å². The molecule has 0 saturated heterocycles. The fourth-order valence-corrected chi connectivity index (χ4v) is 11.3. The first-order valence-electron chi connectivity index (χ1n) is 45.5. The van der Waals surface area contributed by atoms with Crippen LogP contribution in [-0.4, -0.2) is 408 Å². The maximum absolute atomic E-state index is 6.45. The van der Waals surface area contributed by atoms with Crippen LogP contribution in [-0.2, 0) is 128 Å². The normalized spacial score (nSPS) is 12.5. The lowest BCUT2D eigenvalue weighted by molar-refractivity contribution is -0.0309. The third kappa shape index (κ3) is 67.6. The zero-order chi connectivity index (χ0) is 94.2. The monoisotopic (exact) mass is 1880 g/mol. The highest BCUT2D eigenvalue weighted by Gasteiger charge is 2.35. The SMILES string of the molecule is COCCOCCOCCOCCOCCOCCOCCOCCO[C@H](C)COc1cc(C#Cc2cc(OC[C@@H](C)OCCOCCOCCOCCOCCOCCOCCOCCOC)cc(C#C[Si](C)(C)C(C)(C)C)n2)nc(C#Cc2cc(OC[C@@H](C)OCCOCCOCCOCCOCCOCCOCCOCCOC)cc(C#C[Si](C)(C)C(C)(C)C)n2)c1. The molecule has 0 amide bonds. The highest BCUT2D eigenvalue weighted by Crippen LogP contribution is 2.36. The van der Waals surface area contributed by atoms with Gasteiger partial charge in [-0.3, -0.25) is 0 Å². The Morgan fingerprint density at radius 3 is 0.508 bits per heavy atom. The van der Waals surface area contributed by atoms with Crippen LogP contribution in [0.15, 0.2) is 36.4 Å². The molecule has 0 unspecified atom stereocenters. The van der Waals surface area contributed by atoms with Crippen molar-refractivity contribution in [2.24, 2.45) is 0 Å². The summed E-state index contributed by atoms with van der Waals surface area (Å²) in [5.41, 5.74) is 9.80. The summed E-state index contributed by atoms with van der Waals surface area (Å²) in [5.74, 6) is 21.3. The molecule has 742 valence electrons. The number of methoxy groups -OCH3 is 3. The lowest BCUT2D eigenvalue weighted by atomic mass is 10.2. The summed E-state index contributed by atoms with van der Waals surface area (Å²) < 4.78 is 170. The maximum atomic E-state index is 6.45. The van der Waals surface area contributed by atoms with Crippen molar-refractivity contribution in [2.75, 3.05) is 358 Å². The third-order valence-corrected chi connectivity index (χ3v) is 28.1. The molecule has 0 aliphatic carbocycles. The average molecular weight is 1880 g/mol. The van der Waals surface area contributed by atoms with E-state index >= 15 is 0 Å². The summed E-state index contributed by atoms with van der Waals surface area (Å²) in [7, 11) is 0.785. The molecular weight excluding hydrogens is 1720 g/mol. The smallest absolute Gasteiger partial charge is 0.138 e. The van der Waals surface area contributed by atoms with E-state index in [9.17, 15) is 0 Å². The van der Waals surface area contributed by atoms with Crippen molar-refractivity contribution in [1.29, 1.82) is 0 Å². The number of nitrogens with zero attached hydrogens (tertiary/aromatic N) is 3. The van der Waals surface area contributed by atoms with Crippen LogP contribution < -0.4 is 14.2 Å². The molecule has 3 heterocycles. The predicted molar refractivity (Wildman–Crippen MR) is 498 cm³/mol. The molecule has 3 aromatic heterocycles. The Hall–Kier alpha value is -5.56. The molecule has 0 aliphatic rings. The Morgan fingerprint density at radius 2 is 0.362 bits per heavy atom. The molecule has 0 aliphatic heterocycles. The molecular formula is C95H159N3O30Si2. The molecule has 3 atom stereocenters. The molecule has 130 heavy (non-hydrogen) atoms. The van der Waals surface area contributed by atoms with E-state index in [1.54, 1.807) is 45.6 Å². The van der Waals surface area contributed by atoms with Gasteiger partial charge < -0.3 is 142 Å². The fourth-order valence-electron chi connectivity index (χ4n) is 9.62. The van der Waals surface area contributed by atoms with E-state index < -0.39 is 16.1 Å². The molecule has 0 spiro atoms. The second-order valence-electron chi connectivity index (χ2n) is 32.3. The lowest BCUT2D eigenvalue weighted by Crippen LogP contribution is -2.35. The van der Waals surface area contributed by atoms with Crippen LogP contribution in [0.2, 0.25) is 36.3 Å². The molecule has 0 bridgehead atoms. The van der Waals surface area contributed by atoms with Gasteiger partial charge in [0.1, 0.15) is 87.4 Å². The van der Waals surface area contributed by atoms with Crippen LogP contribution in [0.5, 0.6) is 17.2 Å². The van der Waals surface area contributed by atoms with Gasteiger partial charge in [-0.15, -0.1) is 11.1 Å². The number of ether oxygens (including phenoxy) is 30. The minimum absolute atomic E-state index is 0.00489. The first kappa shape index (κ1) is 119. The number of hydrogen-bond acceptors (Lipinski definition) is 33. The van der Waals surface area contributed by atoms with Crippen LogP contribution in [0.4, 0.5) is 0 Å². The Labute approximate surface area is 779 Å². The summed E-state index contributed by atoms with van der Waals surface area (Å²) in [5, 5.41) is 0.00978. The van der Waals surface area contributed by atoms with E-state index in [0.717, 1.165) is 0 Å². The van der Waals surface area contributed by atoms with Gasteiger partial charge in [0.15, 0.2) is 0 Å². The fraction of sp³-hybridized carbons (Fsp3) is 0.758. The number of hydrogen-bond donors (Lipinski definition) is 0. The minimum Gasteiger partial charge on any atom is -0.491 e. The first-order chi connectivity index (χ1) is 63.0. The zero-order valence-corrected chi connectivity index (χ0v) is 83.3. The summed E-state index contributed by atoms with van der Waals surface area (Å²) in [4.78, 5) is 14.8. The van der Waals surface area contributed by atoms with Crippen LogP contribution in [0, 0.1) is 46.6 Å². The molecule has 0 saturated carbocycles. The molecule has 0 N–H and O–H groups in total. The Balaban J connectivity index is 1.67. The standard InChI is InChI=1S/C95H159N3O30Si2/c1-82(123-68-65-120-62-59-117-56-53-114-50-47-111-44-41-108-38-35-105-32-29-102-26-23-99-10)79-126-91-73-85(17-19-87-75-92(77-89(97-87)21-71-129(13,14)94(4,5)6)127-80-83(2)124-69-66-121-63-60-118-57-54-115-51-48-112-45-42-109-39-36-106-33-30-103-27-24-100-11)96-86(74-91)18-20-88-76-93(78-90(98-88)22-72-130(15,16)95(7,8)9)128-81-84(3)125-70-67-122-64-61-119-58-55-116-52-49-113-46-43-110-40-37-107-34-31-104-28-25-101-12/h73-78,82-84H,23-70,79-81H2,1-16H3/t82-,83-,84-/m1/s1. The van der Waals surface area contributed by atoms with Crippen LogP contribution in [0.1, 0.15) is 96.5 Å². The Bertz CT molecular complexity index is 3310. The molecule has 3 rings (SSSR count). The van der Waals surface area contributed by atoms with Crippen LogP contribution >= 0.6 is 0 Å². The number of pyridine rings is 3. The van der Waals surface area contributed by atoms with Crippen molar-refractivity contribution in [2.45, 2.75) is 117 Å². The summed E-state index contributed by atoms with van der Waals surface area (Å²) in [6, 6.07) is 10.8. The van der Waals surface area contributed by atoms with Crippen LogP contribution in [0.25, 0.3) is 0 Å². The molecule has 3 aromatic rings. The van der Waals surface area contributed by atoms with Crippen molar-refractivity contribution in [3.63, 3.8) is 0 Å². The molecule has 0 aromatic carbocycles. The quantitative estimate of drug-likeness (QED) is 0.0289. The van der Waals surface area contributed by atoms with Gasteiger partial charge >= 0.3 is 0 Å². The van der Waals surface area contributed by atoms with Crippen LogP contribution in [0.3, 0.4) is 0 Å². The first-order valence-corrected chi connectivity index (χ1v) is 51.5. The van der Waals surface area contributed by atoms with Gasteiger partial charge in [-0.05, 0) is 54.5 Å². The minimum atomic E-state index is -2.07. The van der Waals surface area contributed by atoms with E-state index in [1.807, 2.05) is 32.9 Å². The van der Waals surface area contributed by atoms with Gasteiger partial charge in [-0.25, -0.2) is 15.0 Å². The van der Waals surface area contributed by atoms with Gasteiger partial charge in [-0.2, -0.15) is 0 Å². The highest BCUT2D eigenvalue weighted by molar-refractivity contribution is 6.88. The third-order valence-electron chi connectivity index (χ3n) is 19.1. The van der Waals surface area contributed by atoms with Crippen molar-refractivity contribution < 1.29 is 142 Å². The molecule has 0 fully saturated rings. The summed E-state index contributed by atoms with van der Waals surface area (Å²) in [6.07, 6.45) is -0.900. The summed E-state index contributed by atoms with van der Waals surface area (Å²) in [6.45, 7) is 51.1. The van der Waals surface area contributed by atoms with E-state index in [2.05, 4.69) is 114 Å². The molecule has 35 heteroatoms. The molecule has 33 nitrogen and oxygen atoms in total. The lowest BCUT2D eigenvalue weighted by Gasteiger charge is -2.31. The van der Waals surface area contributed by atoms with Gasteiger partial charge in [0.05, 0.1) is 335 Å². The Morgan fingerprint density at radius 1 is 0.223 bits per heavy atom. The van der Waals surface area contributed by atoms with Crippen molar-refractivity contribution in [3.8, 4) is 63.9 Å². The second-order valence-corrected chi connectivity index (χ2v) is 42.3. The van der Waals surface area contributed by atoms with Crippen molar-refractivity contribution in [1.82, 2.24) is 15.0 Å². The van der Waals surface area contributed by atoms with E-state index in [4.69, 9.17) is 157 Å². The van der Waals surface area contributed by atoms with E-state index in [-0.39, 0.29) is 48.2 Å². The van der Waals surface area contributed by atoms with E-state index in [1.165, 1.54) is 0 Å². The maximum Gasteiger partial charge on any atom is 0.138 e. The number of aromatic nitrogens is 3.